The van der Waals surface area contributed by atoms with E-state index < -0.39 is 5.82 Å². The van der Waals surface area contributed by atoms with Gasteiger partial charge in [0.15, 0.2) is 0 Å². The highest BCUT2D eigenvalue weighted by molar-refractivity contribution is 5.80. The Balaban J connectivity index is 0.000000213. The largest absolute Gasteiger partial charge is 0.472 e. The molecule has 4 heteroatoms. The highest BCUT2D eigenvalue weighted by Crippen LogP contribution is 2.32. The second-order valence-electron chi connectivity index (χ2n) is 5.75. The van der Waals surface area contributed by atoms with Gasteiger partial charge in [0.05, 0.1) is 11.7 Å². The number of terminal acetylenes is 1. The third kappa shape index (κ3) is 3.88. The van der Waals surface area contributed by atoms with Gasteiger partial charge in [0, 0.05) is 6.20 Å². The molecule has 1 fully saturated rings. The number of halogens is 1. The Hall–Kier alpha value is -2.38. The molecule has 1 saturated carbocycles. The van der Waals surface area contributed by atoms with Gasteiger partial charge in [-0.05, 0) is 48.9 Å². The second kappa shape index (κ2) is 6.80. The minimum Gasteiger partial charge on any atom is -0.472 e. The number of ether oxygens (including phenoxy) is 1. The molecule has 1 aromatic heterocycles. The molecule has 118 valence electrons. The Kier molecular flexibility index (Phi) is 4.59. The molecule has 1 N–H and O–H groups in total. The lowest BCUT2D eigenvalue weighted by Gasteiger charge is -2.25. The first-order valence-electron chi connectivity index (χ1n) is 7.73. The quantitative estimate of drug-likeness (QED) is 0.736. The molecule has 0 amide bonds. The Morgan fingerprint density at radius 3 is 2.39 bits per heavy atom. The molecule has 0 unspecified atom stereocenters. The predicted molar refractivity (Wildman–Crippen MR) is 86.5 cm³/mol. The Labute approximate surface area is 135 Å². The molecule has 0 aliphatic heterocycles. The van der Waals surface area contributed by atoms with Crippen LogP contribution < -0.4 is 4.74 Å². The normalized spacial score (nSPS) is 20.7. The van der Waals surface area contributed by atoms with Crippen molar-refractivity contribution in [2.24, 2.45) is 0 Å². The van der Waals surface area contributed by atoms with Gasteiger partial charge in [0.2, 0.25) is 5.82 Å². The van der Waals surface area contributed by atoms with Crippen LogP contribution in [0, 0.1) is 18.2 Å². The van der Waals surface area contributed by atoms with Crippen LogP contribution in [0.1, 0.15) is 31.2 Å². The van der Waals surface area contributed by atoms with Gasteiger partial charge in [-0.3, -0.25) is 0 Å². The number of aliphatic hydroxyl groups is 1. The topological polar surface area (TPSA) is 42.4 Å². The van der Waals surface area contributed by atoms with Gasteiger partial charge >= 0.3 is 0 Å². The fourth-order valence-electron chi connectivity index (χ4n) is 2.61. The molecule has 23 heavy (non-hydrogen) atoms. The number of hydrogen-bond donors (Lipinski definition) is 1. The summed E-state index contributed by atoms with van der Waals surface area (Å²) in [7, 11) is 0. The van der Waals surface area contributed by atoms with Gasteiger partial charge in [-0.25, -0.2) is 4.98 Å². The van der Waals surface area contributed by atoms with Crippen molar-refractivity contribution in [3.05, 3.63) is 47.9 Å². The summed E-state index contributed by atoms with van der Waals surface area (Å²) in [6, 6.07) is 9.92. The first-order chi connectivity index (χ1) is 11.2. The Bertz CT molecular complexity index is 713. The van der Waals surface area contributed by atoms with Crippen LogP contribution in [-0.4, -0.2) is 22.3 Å². The molecule has 3 aliphatic carbocycles. The van der Waals surface area contributed by atoms with Crippen molar-refractivity contribution < 1.29 is 14.2 Å². The van der Waals surface area contributed by atoms with Crippen LogP contribution in [-0.2, 0) is 0 Å². The molecule has 0 aromatic carbocycles. The number of nitrogens with zero attached hydrogens (tertiary/aromatic N) is 1. The molecule has 0 saturated heterocycles. The standard InChI is InChI=1S/C13H14FNO2.C6H4/c1-2-9-7-8-15-13(12(9)14)17-11-5-3-10(16)4-6-11;1-2-5-4-6(5)3-1/h1,7-8,10-11,16H,3-6H2;1-4H. The van der Waals surface area contributed by atoms with Crippen molar-refractivity contribution in [2.75, 3.05) is 0 Å². The van der Waals surface area contributed by atoms with E-state index in [1.165, 1.54) is 23.4 Å². The number of hydrogen-bond acceptors (Lipinski definition) is 3. The number of benzene rings is 1. The number of pyridine rings is 1. The maximum Gasteiger partial charge on any atom is 0.251 e. The molecule has 1 aromatic rings. The lowest BCUT2D eigenvalue weighted by Crippen LogP contribution is -2.27. The van der Waals surface area contributed by atoms with Gasteiger partial charge < -0.3 is 9.84 Å². The van der Waals surface area contributed by atoms with E-state index in [4.69, 9.17) is 11.2 Å². The third-order valence-corrected chi connectivity index (χ3v) is 4.05. The Morgan fingerprint density at radius 1 is 1.17 bits per heavy atom. The van der Waals surface area contributed by atoms with Crippen molar-refractivity contribution in [3.63, 3.8) is 0 Å². The van der Waals surface area contributed by atoms with E-state index in [1.807, 2.05) is 0 Å². The monoisotopic (exact) mass is 311 g/mol. The molecule has 0 bridgehead atoms. The average molecular weight is 311 g/mol. The lowest BCUT2D eigenvalue weighted by atomic mass is 9.95. The second-order valence-corrected chi connectivity index (χ2v) is 5.75. The van der Waals surface area contributed by atoms with Crippen LogP contribution in [0.25, 0.3) is 11.1 Å². The first-order valence-corrected chi connectivity index (χ1v) is 7.73. The highest BCUT2D eigenvalue weighted by atomic mass is 19.1. The average Bonchev–Trinajstić information content (AvgIpc) is 3.17. The zero-order chi connectivity index (χ0) is 16.2. The summed E-state index contributed by atoms with van der Waals surface area (Å²) in [5.41, 5.74) is 3.01. The van der Waals surface area contributed by atoms with Crippen LogP contribution in [0.5, 0.6) is 5.88 Å². The smallest absolute Gasteiger partial charge is 0.251 e. The minimum atomic E-state index is -0.582. The van der Waals surface area contributed by atoms with Crippen molar-refractivity contribution in [3.8, 4) is 29.4 Å². The van der Waals surface area contributed by atoms with Gasteiger partial charge in [0.1, 0.15) is 6.10 Å². The van der Waals surface area contributed by atoms with E-state index in [9.17, 15) is 9.50 Å². The summed E-state index contributed by atoms with van der Waals surface area (Å²) in [5.74, 6) is 1.62. The summed E-state index contributed by atoms with van der Waals surface area (Å²) in [5, 5.41) is 9.36. The summed E-state index contributed by atoms with van der Waals surface area (Å²) in [6.07, 6.45) is 9.04. The van der Waals surface area contributed by atoms with Gasteiger partial charge in [-0.15, -0.1) is 6.42 Å². The first kappa shape index (κ1) is 15.5. The summed E-state index contributed by atoms with van der Waals surface area (Å²) in [4.78, 5) is 3.84. The van der Waals surface area contributed by atoms with Crippen molar-refractivity contribution in [1.82, 2.24) is 4.98 Å². The molecule has 0 atom stereocenters. The van der Waals surface area contributed by atoms with Crippen LogP contribution in [0.2, 0.25) is 0 Å². The van der Waals surface area contributed by atoms with E-state index in [-0.39, 0.29) is 23.7 Å². The van der Waals surface area contributed by atoms with Crippen LogP contribution >= 0.6 is 0 Å². The fourth-order valence-corrected chi connectivity index (χ4v) is 2.61. The van der Waals surface area contributed by atoms with Crippen LogP contribution in [0.3, 0.4) is 0 Å². The van der Waals surface area contributed by atoms with E-state index >= 15 is 0 Å². The van der Waals surface area contributed by atoms with Crippen molar-refractivity contribution in [2.45, 2.75) is 37.9 Å². The molecule has 3 nitrogen and oxygen atoms in total. The highest BCUT2D eigenvalue weighted by Gasteiger charge is 2.22. The van der Waals surface area contributed by atoms with Gasteiger partial charge in [0.25, 0.3) is 5.88 Å². The van der Waals surface area contributed by atoms with Crippen LogP contribution in [0.4, 0.5) is 4.39 Å². The van der Waals surface area contributed by atoms with Crippen molar-refractivity contribution >= 4 is 0 Å². The van der Waals surface area contributed by atoms with E-state index in [2.05, 4.69) is 35.2 Å². The van der Waals surface area contributed by atoms with E-state index in [0.717, 1.165) is 0 Å². The molecule has 0 spiro atoms. The predicted octanol–water partition coefficient (Wildman–Crippen LogP) is 3.55. The van der Waals surface area contributed by atoms with Gasteiger partial charge in [-0.2, -0.15) is 4.39 Å². The Morgan fingerprint density at radius 2 is 1.87 bits per heavy atom. The summed E-state index contributed by atoms with van der Waals surface area (Å²) >= 11 is 0. The van der Waals surface area contributed by atoms with Crippen LogP contribution in [0.15, 0.2) is 36.5 Å². The summed E-state index contributed by atoms with van der Waals surface area (Å²) in [6.45, 7) is 0. The SMILES string of the molecule is C#Cc1ccnc(OC2CCC(O)CC2)c1F.c1cc2cc-2c1. The number of fused-ring (bicyclic) bond motifs is 1. The fraction of sp³-hybridized carbons (Fsp3) is 0.316. The number of rotatable bonds is 2. The lowest BCUT2D eigenvalue weighted by molar-refractivity contribution is 0.0621. The number of aromatic nitrogens is 1. The van der Waals surface area contributed by atoms with Crippen molar-refractivity contribution in [1.29, 1.82) is 0 Å². The summed E-state index contributed by atoms with van der Waals surface area (Å²) < 4.78 is 19.2. The molecular formula is C19H18FNO2. The zero-order valence-corrected chi connectivity index (χ0v) is 12.7. The molecular weight excluding hydrogens is 293 g/mol. The minimum absolute atomic E-state index is 0.0400. The zero-order valence-electron chi connectivity index (χ0n) is 12.7. The van der Waals surface area contributed by atoms with E-state index in [0.29, 0.717) is 25.7 Å². The molecule has 1 heterocycles. The van der Waals surface area contributed by atoms with E-state index in [1.54, 1.807) is 0 Å². The molecule has 0 radical (unpaired) electrons. The maximum atomic E-state index is 13.7. The molecule has 4 rings (SSSR count). The van der Waals surface area contributed by atoms with Gasteiger partial charge in [-0.1, -0.05) is 24.1 Å². The molecule has 3 aliphatic rings. The third-order valence-electron chi connectivity index (χ3n) is 4.05. The maximum absolute atomic E-state index is 13.7. The number of aliphatic hydroxyl groups excluding tert-OH is 1.